The van der Waals surface area contributed by atoms with E-state index < -0.39 is 0 Å². The van der Waals surface area contributed by atoms with Gasteiger partial charge in [0, 0.05) is 32.4 Å². The van der Waals surface area contributed by atoms with Crippen molar-refractivity contribution < 1.29 is 4.39 Å². The molecule has 0 amide bonds. The minimum Gasteiger partial charge on any atom is -0.331 e. The topological polar surface area (TPSA) is 62.6 Å². The van der Waals surface area contributed by atoms with Crippen LogP contribution in [0.5, 0.6) is 0 Å². The summed E-state index contributed by atoms with van der Waals surface area (Å²) in [5.41, 5.74) is 6.20. The number of benzene rings is 3. The zero-order chi connectivity index (χ0) is 23.6. The molecule has 8 heteroatoms. The second kappa shape index (κ2) is 7.28. The fraction of sp³-hybridized carbons (Fsp3) is 0.115. The Hall–Kier alpha value is -4.46. The van der Waals surface area contributed by atoms with Crippen LogP contribution in [0.15, 0.2) is 78.0 Å². The Morgan fingerprint density at radius 2 is 1.62 bits per heavy atom. The molecule has 3 aromatic heterocycles. The third-order valence-corrected chi connectivity index (χ3v) is 6.40. The molecule has 0 N–H and O–H groups in total. The Morgan fingerprint density at radius 3 is 2.38 bits per heavy atom. The predicted octanol–water partition coefficient (Wildman–Crippen LogP) is 4.42. The highest BCUT2D eigenvalue weighted by atomic mass is 19.1. The van der Waals surface area contributed by atoms with Gasteiger partial charge in [-0.05, 0) is 42.0 Å². The summed E-state index contributed by atoms with van der Waals surface area (Å²) in [6.45, 7) is 0. The summed E-state index contributed by atoms with van der Waals surface area (Å²) in [4.78, 5) is 21.7. The summed E-state index contributed by atoms with van der Waals surface area (Å²) < 4.78 is 21.7. The van der Waals surface area contributed by atoms with Crippen LogP contribution in [0.25, 0.3) is 50.4 Å². The van der Waals surface area contributed by atoms with Crippen LogP contribution in [-0.2, 0) is 21.1 Å². The van der Waals surface area contributed by atoms with Gasteiger partial charge in [0.05, 0.1) is 34.6 Å². The molecule has 168 valence electrons. The van der Waals surface area contributed by atoms with Crippen LogP contribution in [0.4, 0.5) is 4.39 Å². The summed E-state index contributed by atoms with van der Waals surface area (Å²) in [6.07, 6.45) is 3.50. The van der Waals surface area contributed by atoms with E-state index in [1.165, 1.54) is 6.07 Å². The first-order chi connectivity index (χ1) is 16.4. The first-order valence-corrected chi connectivity index (χ1v) is 10.8. The van der Waals surface area contributed by atoms with E-state index in [1.807, 2.05) is 58.6 Å². The average Bonchev–Trinajstić information content (AvgIpc) is 3.50. The van der Waals surface area contributed by atoms with Gasteiger partial charge in [0.2, 0.25) is 0 Å². The highest BCUT2D eigenvalue weighted by molar-refractivity contribution is 5.88. The van der Waals surface area contributed by atoms with Crippen molar-refractivity contribution in [1.29, 1.82) is 0 Å². The average molecular weight is 452 g/mol. The lowest BCUT2D eigenvalue weighted by Crippen LogP contribution is -2.19. The van der Waals surface area contributed by atoms with Crippen molar-refractivity contribution >= 4 is 22.1 Å². The van der Waals surface area contributed by atoms with E-state index >= 15 is 0 Å². The van der Waals surface area contributed by atoms with E-state index in [0.717, 1.165) is 39.0 Å². The van der Waals surface area contributed by atoms with Gasteiger partial charge < -0.3 is 4.57 Å². The second-order valence-corrected chi connectivity index (χ2v) is 8.42. The third kappa shape index (κ3) is 2.85. The first kappa shape index (κ1) is 20.2. The van der Waals surface area contributed by atoms with Gasteiger partial charge in [-0.3, -0.25) is 13.7 Å². The van der Waals surface area contributed by atoms with Crippen molar-refractivity contribution in [3.05, 3.63) is 89.5 Å². The molecule has 0 bridgehead atoms. The SMILES string of the molecule is Cn1cncc1-c1nc2cc(-c3ccccc3F)ccc2n1-c1ccc2c(c1)n(C)c(=O)n2C. The number of nitrogens with zero attached hydrogens (tertiary/aromatic N) is 6. The lowest BCUT2D eigenvalue weighted by atomic mass is 10.0. The highest BCUT2D eigenvalue weighted by Gasteiger charge is 2.19. The maximum Gasteiger partial charge on any atom is 0.328 e. The van der Waals surface area contributed by atoms with Crippen molar-refractivity contribution in [2.24, 2.45) is 21.1 Å². The molecule has 0 saturated carbocycles. The van der Waals surface area contributed by atoms with Gasteiger partial charge in [0.1, 0.15) is 11.5 Å². The molecule has 0 aliphatic heterocycles. The fourth-order valence-corrected chi connectivity index (χ4v) is 4.58. The Labute approximate surface area is 194 Å². The van der Waals surface area contributed by atoms with Gasteiger partial charge in [-0.15, -0.1) is 0 Å². The number of hydrogen-bond acceptors (Lipinski definition) is 3. The van der Waals surface area contributed by atoms with E-state index in [9.17, 15) is 9.18 Å². The summed E-state index contributed by atoms with van der Waals surface area (Å²) in [5.74, 6) is 0.435. The zero-order valence-electron chi connectivity index (χ0n) is 18.9. The Kier molecular flexibility index (Phi) is 4.32. The molecule has 0 aliphatic rings. The monoisotopic (exact) mass is 452 g/mol. The van der Waals surface area contributed by atoms with Crippen LogP contribution < -0.4 is 5.69 Å². The summed E-state index contributed by atoms with van der Waals surface area (Å²) in [7, 11) is 5.45. The van der Waals surface area contributed by atoms with Crippen molar-refractivity contribution in [2.45, 2.75) is 0 Å². The van der Waals surface area contributed by atoms with E-state index in [0.29, 0.717) is 11.4 Å². The van der Waals surface area contributed by atoms with Crippen LogP contribution in [-0.4, -0.2) is 28.2 Å². The van der Waals surface area contributed by atoms with Crippen LogP contribution in [0.2, 0.25) is 0 Å². The molecule has 34 heavy (non-hydrogen) atoms. The summed E-state index contributed by atoms with van der Waals surface area (Å²) >= 11 is 0. The predicted molar refractivity (Wildman–Crippen MR) is 130 cm³/mol. The molecule has 3 heterocycles. The molecule has 7 nitrogen and oxygen atoms in total. The van der Waals surface area contributed by atoms with Crippen LogP contribution in [0.3, 0.4) is 0 Å². The number of imidazole rings is 3. The largest absolute Gasteiger partial charge is 0.331 e. The van der Waals surface area contributed by atoms with Crippen molar-refractivity contribution in [2.75, 3.05) is 0 Å². The van der Waals surface area contributed by atoms with E-state index in [2.05, 4.69) is 4.98 Å². The fourth-order valence-electron chi connectivity index (χ4n) is 4.58. The molecule has 0 unspecified atom stereocenters. The normalized spacial score (nSPS) is 11.6. The molecule has 6 aromatic rings. The molecule has 0 saturated heterocycles. The van der Waals surface area contributed by atoms with Crippen molar-refractivity contribution in [1.82, 2.24) is 28.2 Å². The summed E-state index contributed by atoms with van der Waals surface area (Å²) in [6, 6.07) is 18.4. The Balaban J connectivity index is 1.65. The first-order valence-electron chi connectivity index (χ1n) is 10.8. The smallest absolute Gasteiger partial charge is 0.328 e. The molecule has 0 aliphatic carbocycles. The maximum atomic E-state index is 14.5. The molecule has 0 fully saturated rings. The molecular weight excluding hydrogens is 431 g/mol. The Morgan fingerprint density at radius 1 is 0.853 bits per heavy atom. The number of halogens is 1. The quantitative estimate of drug-likeness (QED) is 0.399. The number of aromatic nitrogens is 6. The van der Waals surface area contributed by atoms with Crippen LogP contribution in [0, 0.1) is 5.82 Å². The van der Waals surface area contributed by atoms with E-state index in [4.69, 9.17) is 4.98 Å². The molecule has 0 atom stereocenters. The lowest BCUT2D eigenvalue weighted by Gasteiger charge is -2.11. The lowest BCUT2D eigenvalue weighted by molar-refractivity contribution is 0.631. The minimum atomic E-state index is -0.274. The molecule has 6 rings (SSSR count). The Bertz CT molecular complexity index is 1780. The molecular formula is C26H21FN6O. The molecule has 3 aromatic carbocycles. The number of hydrogen-bond donors (Lipinski definition) is 0. The van der Waals surface area contributed by atoms with Gasteiger partial charge in [-0.1, -0.05) is 24.3 Å². The second-order valence-electron chi connectivity index (χ2n) is 8.42. The van der Waals surface area contributed by atoms with E-state index in [1.54, 1.807) is 47.9 Å². The van der Waals surface area contributed by atoms with Crippen LogP contribution >= 0.6 is 0 Å². The van der Waals surface area contributed by atoms with Crippen molar-refractivity contribution in [3.63, 3.8) is 0 Å². The van der Waals surface area contributed by atoms with Gasteiger partial charge in [-0.25, -0.2) is 19.2 Å². The van der Waals surface area contributed by atoms with Gasteiger partial charge >= 0.3 is 5.69 Å². The zero-order valence-corrected chi connectivity index (χ0v) is 18.9. The van der Waals surface area contributed by atoms with Crippen LogP contribution in [0.1, 0.15) is 0 Å². The van der Waals surface area contributed by atoms with Gasteiger partial charge in [0.25, 0.3) is 0 Å². The highest BCUT2D eigenvalue weighted by Crippen LogP contribution is 2.32. The molecule has 0 spiro atoms. The number of fused-ring (bicyclic) bond motifs is 2. The van der Waals surface area contributed by atoms with Gasteiger partial charge in [0.15, 0.2) is 5.82 Å². The third-order valence-electron chi connectivity index (χ3n) is 6.40. The number of aryl methyl sites for hydroxylation is 3. The molecule has 0 radical (unpaired) electrons. The van der Waals surface area contributed by atoms with Gasteiger partial charge in [-0.2, -0.15) is 0 Å². The van der Waals surface area contributed by atoms with E-state index in [-0.39, 0.29) is 11.5 Å². The van der Waals surface area contributed by atoms with Crippen molar-refractivity contribution in [3.8, 4) is 28.3 Å². The maximum absolute atomic E-state index is 14.5. The minimum absolute atomic E-state index is 0.0796. The number of rotatable bonds is 3. The standard InChI is InChI=1S/C26H21FN6O/c1-30-15-28-14-24(30)25-29-20-12-16(18-6-4-5-7-19(18)27)8-10-21(20)33(25)17-9-11-22-23(13-17)32(3)26(34)31(22)2/h4-15H,1-3H3. The summed E-state index contributed by atoms with van der Waals surface area (Å²) in [5, 5.41) is 0.